The van der Waals surface area contributed by atoms with E-state index in [1.165, 1.54) is 0 Å². The van der Waals surface area contributed by atoms with Gasteiger partial charge < -0.3 is 5.11 Å². The third-order valence-electron chi connectivity index (χ3n) is 2.31. The minimum Gasteiger partial charge on any atom is -0.478 e. The third-order valence-corrected chi connectivity index (χ3v) is 2.31. The second kappa shape index (κ2) is 2.73. The normalized spacial score (nSPS) is 13.8. The fourth-order valence-corrected chi connectivity index (χ4v) is 1.64. The Morgan fingerprint density at radius 1 is 1.46 bits per heavy atom. The maximum atomic E-state index is 10.8. The van der Waals surface area contributed by atoms with Gasteiger partial charge in [-0.2, -0.15) is 0 Å². The van der Waals surface area contributed by atoms with Gasteiger partial charge in [0, 0.05) is 0 Å². The van der Waals surface area contributed by atoms with Crippen LogP contribution in [0, 0.1) is 6.92 Å². The molecule has 13 heavy (non-hydrogen) atoms. The van der Waals surface area contributed by atoms with Crippen molar-refractivity contribution < 1.29 is 9.90 Å². The molecule has 0 aromatic heterocycles. The maximum Gasteiger partial charge on any atom is 0.335 e. The average molecular weight is 174 g/mol. The number of carboxylic acids is 1. The number of carboxylic acid groups (broad SMARTS) is 1. The van der Waals surface area contributed by atoms with E-state index in [1.54, 1.807) is 6.08 Å². The summed E-state index contributed by atoms with van der Waals surface area (Å²) < 4.78 is 0. The highest BCUT2D eigenvalue weighted by Gasteiger charge is 2.18. The monoisotopic (exact) mass is 174 g/mol. The van der Waals surface area contributed by atoms with Gasteiger partial charge in [0.1, 0.15) is 0 Å². The summed E-state index contributed by atoms with van der Waals surface area (Å²) in [4.78, 5) is 10.8. The second-order valence-corrected chi connectivity index (χ2v) is 3.29. The first-order chi connectivity index (χ1) is 6.18. The molecule has 66 valence electrons. The number of aliphatic carboxylic acids is 1. The van der Waals surface area contributed by atoms with E-state index in [0.29, 0.717) is 5.57 Å². The Morgan fingerprint density at radius 3 is 2.92 bits per heavy atom. The summed E-state index contributed by atoms with van der Waals surface area (Å²) in [7, 11) is 0. The van der Waals surface area contributed by atoms with Gasteiger partial charge in [-0.25, -0.2) is 4.79 Å². The van der Waals surface area contributed by atoms with Crippen LogP contribution in [0.2, 0.25) is 0 Å². The van der Waals surface area contributed by atoms with Gasteiger partial charge in [0.05, 0.1) is 5.57 Å². The molecule has 0 saturated heterocycles. The SMILES string of the molecule is Cc1ccc2c(c1)C(C(=O)O)=CC2. The van der Waals surface area contributed by atoms with Crippen molar-refractivity contribution in [2.75, 3.05) is 0 Å². The number of aryl methyl sites for hydroxylation is 1. The lowest BCUT2D eigenvalue weighted by molar-refractivity contribution is -0.130. The summed E-state index contributed by atoms with van der Waals surface area (Å²) in [5.41, 5.74) is 3.54. The van der Waals surface area contributed by atoms with Crippen molar-refractivity contribution in [3.8, 4) is 0 Å². The van der Waals surface area contributed by atoms with Crippen LogP contribution < -0.4 is 0 Å². The predicted molar refractivity (Wildman–Crippen MR) is 50.5 cm³/mol. The van der Waals surface area contributed by atoms with Crippen molar-refractivity contribution >= 4 is 11.5 Å². The molecule has 0 heterocycles. The molecule has 0 radical (unpaired) electrons. The highest BCUT2D eigenvalue weighted by molar-refractivity contribution is 6.17. The van der Waals surface area contributed by atoms with Gasteiger partial charge >= 0.3 is 5.97 Å². The highest BCUT2D eigenvalue weighted by atomic mass is 16.4. The Morgan fingerprint density at radius 2 is 2.23 bits per heavy atom. The van der Waals surface area contributed by atoms with Crippen molar-refractivity contribution in [3.63, 3.8) is 0 Å². The number of rotatable bonds is 1. The minimum atomic E-state index is -0.829. The van der Waals surface area contributed by atoms with E-state index in [1.807, 2.05) is 25.1 Å². The molecular formula is C11H10O2. The number of benzene rings is 1. The first-order valence-electron chi connectivity index (χ1n) is 4.22. The quantitative estimate of drug-likeness (QED) is 0.707. The van der Waals surface area contributed by atoms with E-state index in [2.05, 4.69) is 0 Å². The van der Waals surface area contributed by atoms with E-state index in [4.69, 9.17) is 5.11 Å². The summed E-state index contributed by atoms with van der Waals surface area (Å²) in [6.45, 7) is 1.97. The van der Waals surface area contributed by atoms with Crippen molar-refractivity contribution in [2.45, 2.75) is 13.3 Å². The third kappa shape index (κ3) is 1.24. The fourth-order valence-electron chi connectivity index (χ4n) is 1.64. The molecule has 0 atom stereocenters. The van der Waals surface area contributed by atoms with Crippen LogP contribution in [0.1, 0.15) is 16.7 Å². The molecule has 0 saturated carbocycles. The molecule has 0 fully saturated rings. The molecule has 0 spiro atoms. The molecule has 1 aromatic rings. The maximum absolute atomic E-state index is 10.8. The lowest BCUT2D eigenvalue weighted by Crippen LogP contribution is -1.97. The molecule has 1 N–H and O–H groups in total. The number of allylic oxidation sites excluding steroid dienone is 1. The van der Waals surface area contributed by atoms with Crippen LogP contribution in [0.4, 0.5) is 0 Å². The lowest BCUT2D eigenvalue weighted by Gasteiger charge is -2.02. The van der Waals surface area contributed by atoms with Crippen LogP contribution in [0.5, 0.6) is 0 Å². The molecule has 1 aliphatic rings. The van der Waals surface area contributed by atoms with Crippen LogP contribution in [0.3, 0.4) is 0 Å². The topological polar surface area (TPSA) is 37.3 Å². The van der Waals surface area contributed by atoms with E-state index in [9.17, 15) is 4.79 Å². The Labute approximate surface area is 76.5 Å². The van der Waals surface area contributed by atoms with Gasteiger partial charge in [0.25, 0.3) is 0 Å². The number of hydrogen-bond donors (Lipinski definition) is 1. The van der Waals surface area contributed by atoms with Crippen molar-refractivity contribution in [3.05, 3.63) is 41.0 Å². The van der Waals surface area contributed by atoms with Crippen LogP contribution >= 0.6 is 0 Å². The molecule has 1 aliphatic carbocycles. The lowest BCUT2D eigenvalue weighted by atomic mass is 10.0. The number of carbonyl (C=O) groups is 1. The zero-order chi connectivity index (χ0) is 9.42. The van der Waals surface area contributed by atoms with E-state index < -0.39 is 5.97 Å². The zero-order valence-electron chi connectivity index (χ0n) is 7.37. The minimum absolute atomic E-state index is 0.443. The van der Waals surface area contributed by atoms with E-state index in [-0.39, 0.29) is 0 Å². The molecular weight excluding hydrogens is 164 g/mol. The molecule has 2 heteroatoms. The van der Waals surface area contributed by atoms with Gasteiger partial charge in [0.2, 0.25) is 0 Å². The first kappa shape index (κ1) is 8.05. The van der Waals surface area contributed by atoms with Gasteiger partial charge in [-0.15, -0.1) is 0 Å². The van der Waals surface area contributed by atoms with Crippen LogP contribution in [0.15, 0.2) is 24.3 Å². The molecule has 1 aromatic carbocycles. The Kier molecular flexibility index (Phi) is 1.69. The largest absolute Gasteiger partial charge is 0.478 e. The number of hydrogen-bond acceptors (Lipinski definition) is 1. The van der Waals surface area contributed by atoms with Gasteiger partial charge in [0.15, 0.2) is 0 Å². The highest BCUT2D eigenvalue weighted by Crippen LogP contribution is 2.28. The summed E-state index contributed by atoms with van der Waals surface area (Å²) in [5.74, 6) is -0.829. The molecule has 2 rings (SSSR count). The van der Waals surface area contributed by atoms with E-state index >= 15 is 0 Å². The van der Waals surface area contributed by atoms with Crippen LogP contribution in [-0.4, -0.2) is 11.1 Å². The molecule has 0 unspecified atom stereocenters. The fraction of sp³-hybridized carbons (Fsp3) is 0.182. The zero-order valence-corrected chi connectivity index (χ0v) is 7.37. The second-order valence-electron chi connectivity index (χ2n) is 3.29. The molecule has 0 bridgehead atoms. The summed E-state index contributed by atoms with van der Waals surface area (Å²) in [6, 6.07) is 5.94. The Hall–Kier alpha value is -1.57. The standard InChI is InChI=1S/C11H10O2/c1-7-2-3-8-4-5-9(11(12)13)10(8)6-7/h2-3,5-6H,4H2,1H3,(H,12,13). The van der Waals surface area contributed by atoms with Crippen molar-refractivity contribution in [2.24, 2.45) is 0 Å². The van der Waals surface area contributed by atoms with Crippen molar-refractivity contribution in [1.82, 2.24) is 0 Å². The summed E-state index contributed by atoms with van der Waals surface area (Å²) in [6.07, 6.45) is 2.52. The Balaban J connectivity index is 2.54. The van der Waals surface area contributed by atoms with Crippen molar-refractivity contribution in [1.29, 1.82) is 0 Å². The molecule has 0 amide bonds. The smallest absolute Gasteiger partial charge is 0.335 e. The Bertz CT molecular complexity index is 403. The summed E-state index contributed by atoms with van der Waals surface area (Å²) >= 11 is 0. The van der Waals surface area contributed by atoms with Gasteiger partial charge in [-0.3, -0.25) is 0 Å². The average Bonchev–Trinajstić information content (AvgIpc) is 2.46. The molecule has 2 nitrogen and oxygen atoms in total. The first-order valence-corrected chi connectivity index (χ1v) is 4.22. The predicted octanol–water partition coefficient (Wildman–Crippen LogP) is 2.02. The van der Waals surface area contributed by atoms with Gasteiger partial charge in [-0.05, 0) is 24.5 Å². The van der Waals surface area contributed by atoms with Crippen LogP contribution in [0.25, 0.3) is 5.57 Å². The number of fused-ring (bicyclic) bond motifs is 1. The summed E-state index contributed by atoms with van der Waals surface area (Å²) in [5, 5.41) is 8.88. The van der Waals surface area contributed by atoms with Gasteiger partial charge in [-0.1, -0.05) is 29.8 Å². The van der Waals surface area contributed by atoms with Crippen LogP contribution in [-0.2, 0) is 11.2 Å². The molecule has 0 aliphatic heterocycles. The van der Waals surface area contributed by atoms with E-state index in [0.717, 1.165) is 23.1 Å².